The van der Waals surface area contributed by atoms with E-state index < -0.39 is 29.7 Å². The Morgan fingerprint density at radius 1 is 0.891 bits per heavy atom. The SMILES string of the molecule is COc1ccc(CN(Cc2ccc(OC)cc2)c2nc(C)c(C)c(NCC3(C)COC(C)(C)OC3)c2NC(=O)CC(F)(F)F)cc1. The first-order valence-corrected chi connectivity index (χ1v) is 15.0. The fraction of sp³-hybridized carbons (Fsp3) is 0.471. The third-order valence-corrected chi connectivity index (χ3v) is 7.88. The van der Waals surface area contributed by atoms with Crippen molar-refractivity contribution in [1.29, 1.82) is 0 Å². The van der Waals surface area contributed by atoms with Crippen LogP contribution < -0.4 is 25.0 Å². The summed E-state index contributed by atoms with van der Waals surface area (Å²) >= 11 is 0. The monoisotopic (exact) mass is 644 g/mol. The number of hydrogen-bond acceptors (Lipinski definition) is 8. The lowest BCUT2D eigenvalue weighted by Crippen LogP contribution is -2.48. The summed E-state index contributed by atoms with van der Waals surface area (Å²) in [4.78, 5) is 19.7. The molecule has 0 spiro atoms. The number of ether oxygens (including phenoxy) is 4. The summed E-state index contributed by atoms with van der Waals surface area (Å²) in [6, 6.07) is 15.0. The van der Waals surface area contributed by atoms with Crippen LogP contribution in [0.2, 0.25) is 0 Å². The van der Waals surface area contributed by atoms with E-state index in [2.05, 4.69) is 10.6 Å². The maximum absolute atomic E-state index is 13.4. The highest BCUT2D eigenvalue weighted by atomic mass is 19.4. The number of aryl methyl sites for hydroxylation is 1. The fourth-order valence-corrected chi connectivity index (χ4v) is 5.00. The van der Waals surface area contributed by atoms with Gasteiger partial charge < -0.3 is 34.5 Å². The molecule has 2 N–H and O–H groups in total. The Balaban J connectivity index is 1.80. The van der Waals surface area contributed by atoms with Crippen molar-refractivity contribution < 1.29 is 36.9 Å². The van der Waals surface area contributed by atoms with Gasteiger partial charge in [-0.15, -0.1) is 0 Å². The van der Waals surface area contributed by atoms with Crippen LogP contribution in [-0.4, -0.2) is 56.8 Å². The van der Waals surface area contributed by atoms with Gasteiger partial charge in [0.15, 0.2) is 11.6 Å². The molecule has 1 fully saturated rings. The van der Waals surface area contributed by atoms with Crippen LogP contribution in [0, 0.1) is 19.3 Å². The van der Waals surface area contributed by atoms with Crippen molar-refractivity contribution in [2.45, 2.75) is 66.1 Å². The van der Waals surface area contributed by atoms with Gasteiger partial charge in [0, 0.05) is 30.7 Å². The lowest BCUT2D eigenvalue weighted by atomic mass is 9.91. The van der Waals surface area contributed by atoms with Gasteiger partial charge in [0.2, 0.25) is 5.91 Å². The summed E-state index contributed by atoms with van der Waals surface area (Å²) in [6.45, 7) is 11.2. The Kier molecular flexibility index (Phi) is 10.7. The second-order valence-corrected chi connectivity index (χ2v) is 12.4. The standard InChI is InChI=1S/C34H43F3N4O5/c1-22-23(2)39-31(41(17-24-8-12-26(43-6)13-9-24)18-25-10-14-27(44-7)15-11-25)30(40-28(42)16-34(35,36)37)29(22)38-19-33(5)20-45-32(3,4)46-21-33/h8-15H,16-21H2,1-7H3,(H,38,39)(H,40,42). The van der Waals surface area contributed by atoms with E-state index in [1.54, 1.807) is 14.2 Å². The number of carbonyl (C=O) groups is 1. The van der Waals surface area contributed by atoms with Gasteiger partial charge in [-0.1, -0.05) is 31.2 Å². The molecular weight excluding hydrogens is 601 g/mol. The molecule has 4 rings (SSSR count). The van der Waals surface area contributed by atoms with E-state index in [4.69, 9.17) is 23.9 Å². The van der Waals surface area contributed by atoms with E-state index in [0.29, 0.717) is 67.1 Å². The molecule has 1 amide bonds. The van der Waals surface area contributed by atoms with Gasteiger partial charge >= 0.3 is 6.18 Å². The summed E-state index contributed by atoms with van der Waals surface area (Å²) in [5, 5.41) is 6.00. The van der Waals surface area contributed by atoms with Crippen molar-refractivity contribution in [3.8, 4) is 11.5 Å². The molecule has 0 saturated carbocycles. The number of halogens is 3. The molecule has 1 aliphatic rings. The lowest BCUT2D eigenvalue weighted by molar-refractivity contribution is -0.279. The van der Waals surface area contributed by atoms with Crippen LogP contribution in [0.1, 0.15) is 49.6 Å². The third kappa shape index (κ3) is 9.26. The zero-order valence-electron chi connectivity index (χ0n) is 27.4. The number of anilines is 3. The van der Waals surface area contributed by atoms with Gasteiger partial charge in [-0.3, -0.25) is 4.79 Å². The Bertz CT molecular complexity index is 1440. The average molecular weight is 645 g/mol. The summed E-state index contributed by atoms with van der Waals surface area (Å²) in [7, 11) is 3.17. The molecule has 1 saturated heterocycles. The van der Waals surface area contributed by atoms with Crippen molar-refractivity contribution >= 4 is 23.1 Å². The van der Waals surface area contributed by atoms with Crippen LogP contribution in [0.15, 0.2) is 48.5 Å². The number of amides is 1. The van der Waals surface area contributed by atoms with Crippen LogP contribution in [0.5, 0.6) is 11.5 Å². The molecule has 1 aromatic heterocycles. The molecule has 3 aromatic rings. The molecule has 12 heteroatoms. The smallest absolute Gasteiger partial charge is 0.397 e. The van der Waals surface area contributed by atoms with Gasteiger partial charge in [0.25, 0.3) is 0 Å². The average Bonchev–Trinajstić information content (AvgIpc) is 3.00. The number of alkyl halides is 3. The van der Waals surface area contributed by atoms with Gasteiger partial charge in [-0.05, 0) is 68.7 Å². The van der Waals surface area contributed by atoms with Crippen molar-refractivity contribution in [1.82, 2.24) is 4.98 Å². The van der Waals surface area contributed by atoms with Crippen molar-refractivity contribution in [3.05, 3.63) is 70.9 Å². The highest BCUT2D eigenvalue weighted by Crippen LogP contribution is 2.40. The number of aromatic nitrogens is 1. The van der Waals surface area contributed by atoms with Crippen LogP contribution in [0.25, 0.3) is 0 Å². The number of methoxy groups -OCH3 is 2. The quantitative estimate of drug-likeness (QED) is 0.218. The molecule has 46 heavy (non-hydrogen) atoms. The molecule has 2 aromatic carbocycles. The number of pyridine rings is 1. The Hall–Kier alpha value is -4.03. The van der Waals surface area contributed by atoms with Crippen LogP contribution >= 0.6 is 0 Å². The first-order valence-electron chi connectivity index (χ1n) is 15.0. The number of nitrogens with zero attached hydrogens (tertiary/aromatic N) is 2. The van der Waals surface area contributed by atoms with Crippen LogP contribution in [0.3, 0.4) is 0 Å². The van der Waals surface area contributed by atoms with Gasteiger partial charge in [0.05, 0.1) is 33.1 Å². The summed E-state index contributed by atoms with van der Waals surface area (Å²) in [5.74, 6) is -0.193. The van der Waals surface area contributed by atoms with Crippen molar-refractivity contribution in [2.75, 3.05) is 49.5 Å². The number of hydrogen-bond donors (Lipinski definition) is 2. The third-order valence-electron chi connectivity index (χ3n) is 7.88. The minimum atomic E-state index is -4.69. The van der Waals surface area contributed by atoms with Crippen molar-refractivity contribution in [2.24, 2.45) is 5.41 Å². The van der Waals surface area contributed by atoms with Gasteiger partial charge in [0.1, 0.15) is 23.6 Å². The topological polar surface area (TPSA) is 94.2 Å². The first kappa shape index (κ1) is 34.8. The molecule has 0 atom stereocenters. The molecule has 0 bridgehead atoms. The zero-order chi connectivity index (χ0) is 33.7. The maximum atomic E-state index is 13.4. The van der Waals surface area contributed by atoms with Gasteiger partial charge in [-0.2, -0.15) is 13.2 Å². The molecule has 0 aliphatic carbocycles. The Morgan fingerprint density at radius 3 is 1.85 bits per heavy atom. The highest BCUT2D eigenvalue weighted by molar-refractivity contribution is 5.99. The maximum Gasteiger partial charge on any atom is 0.397 e. The minimum absolute atomic E-state index is 0.168. The number of nitrogens with one attached hydrogen (secondary N) is 2. The van der Waals surface area contributed by atoms with E-state index in [0.717, 1.165) is 11.1 Å². The molecule has 1 aliphatic heterocycles. The Labute approximate surface area is 268 Å². The number of rotatable bonds is 12. The highest BCUT2D eigenvalue weighted by Gasteiger charge is 2.37. The van der Waals surface area contributed by atoms with Crippen LogP contribution in [0.4, 0.5) is 30.4 Å². The number of carbonyl (C=O) groups excluding carboxylic acids is 1. The normalized spacial score (nSPS) is 15.6. The predicted molar refractivity (Wildman–Crippen MR) is 171 cm³/mol. The lowest BCUT2D eigenvalue weighted by Gasteiger charge is -2.41. The first-order chi connectivity index (χ1) is 21.6. The molecule has 2 heterocycles. The zero-order valence-corrected chi connectivity index (χ0v) is 27.4. The molecule has 9 nitrogen and oxygen atoms in total. The van der Waals surface area contributed by atoms with E-state index in [1.165, 1.54) is 0 Å². The van der Waals surface area contributed by atoms with E-state index in [1.807, 2.05) is 88.0 Å². The summed E-state index contributed by atoms with van der Waals surface area (Å²) in [5.41, 5.74) is 3.37. The summed E-state index contributed by atoms with van der Waals surface area (Å²) < 4.78 is 62.5. The van der Waals surface area contributed by atoms with E-state index in [9.17, 15) is 18.0 Å². The predicted octanol–water partition coefficient (Wildman–Crippen LogP) is 7.01. The van der Waals surface area contributed by atoms with E-state index in [-0.39, 0.29) is 5.69 Å². The van der Waals surface area contributed by atoms with Gasteiger partial charge in [-0.25, -0.2) is 4.98 Å². The van der Waals surface area contributed by atoms with E-state index >= 15 is 0 Å². The van der Waals surface area contributed by atoms with Crippen LogP contribution in [-0.2, 0) is 27.4 Å². The number of benzene rings is 2. The molecule has 250 valence electrons. The summed E-state index contributed by atoms with van der Waals surface area (Å²) in [6.07, 6.45) is -6.32. The second-order valence-electron chi connectivity index (χ2n) is 12.4. The molecular formula is C34H43F3N4O5. The molecule has 0 unspecified atom stereocenters. The van der Waals surface area contributed by atoms with Crippen molar-refractivity contribution in [3.63, 3.8) is 0 Å². The Morgan fingerprint density at radius 2 is 1.39 bits per heavy atom. The fourth-order valence-electron chi connectivity index (χ4n) is 5.00. The largest absolute Gasteiger partial charge is 0.497 e. The minimum Gasteiger partial charge on any atom is -0.497 e. The molecule has 0 radical (unpaired) electrons. The second kappa shape index (κ2) is 14.2.